The minimum absolute atomic E-state index is 0.162. The Morgan fingerprint density at radius 1 is 1.20 bits per heavy atom. The van der Waals surface area contributed by atoms with Gasteiger partial charge >= 0.3 is 0 Å². The number of halogens is 2. The Labute approximate surface area is 117 Å². The van der Waals surface area contributed by atoms with Crippen molar-refractivity contribution in [2.75, 3.05) is 0 Å². The molecule has 0 aliphatic heterocycles. The van der Waals surface area contributed by atoms with E-state index in [9.17, 15) is 8.78 Å². The lowest BCUT2D eigenvalue weighted by Crippen LogP contribution is -2.20. The van der Waals surface area contributed by atoms with Gasteiger partial charge in [-0.15, -0.1) is 0 Å². The van der Waals surface area contributed by atoms with Crippen molar-refractivity contribution in [3.8, 4) is 6.07 Å². The van der Waals surface area contributed by atoms with Crippen molar-refractivity contribution in [2.45, 2.75) is 38.4 Å². The smallest absolute Gasteiger partial charge is 0.159 e. The van der Waals surface area contributed by atoms with Gasteiger partial charge in [0.2, 0.25) is 0 Å². The highest BCUT2D eigenvalue weighted by Crippen LogP contribution is 2.27. The Morgan fingerprint density at radius 2 is 1.95 bits per heavy atom. The fourth-order valence-corrected chi connectivity index (χ4v) is 2.47. The molecule has 0 N–H and O–H groups in total. The van der Waals surface area contributed by atoms with Crippen LogP contribution in [0.2, 0.25) is 0 Å². The van der Waals surface area contributed by atoms with Gasteiger partial charge in [-0.2, -0.15) is 5.26 Å². The van der Waals surface area contributed by atoms with Gasteiger partial charge in [0.05, 0.1) is 18.8 Å². The lowest BCUT2D eigenvalue weighted by atomic mass is 9.87. The van der Waals surface area contributed by atoms with Crippen molar-refractivity contribution in [3.05, 3.63) is 47.5 Å². The molecule has 1 aromatic carbocycles. The summed E-state index contributed by atoms with van der Waals surface area (Å²) >= 11 is 0. The number of nitriles is 1. The van der Waals surface area contributed by atoms with Crippen molar-refractivity contribution in [3.63, 3.8) is 0 Å². The second-order valence-electron chi connectivity index (χ2n) is 5.08. The van der Waals surface area contributed by atoms with Crippen LogP contribution in [0.1, 0.15) is 31.2 Å². The van der Waals surface area contributed by atoms with Crippen molar-refractivity contribution < 1.29 is 13.5 Å². The van der Waals surface area contributed by atoms with Crippen LogP contribution in [-0.4, -0.2) is 6.10 Å². The highest BCUT2D eigenvalue weighted by atomic mass is 19.2. The molecule has 1 aliphatic carbocycles. The van der Waals surface area contributed by atoms with Gasteiger partial charge in [-0.25, -0.2) is 8.78 Å². The minimum atomic E-state index is -0.837. The van der Waals surface area contributed by atoms with E-state index >= 15 is 0 Å². The van der Waals surface area contributed by atoms with Gasteiger partial charge in [0.1, 0.15) is 0 Å². The molecule has 0 amide bonds. The Morgan fingerprint density at radius 3 is 2.60 bits per heavy atom. The summed E-state index contributed by atoms with van der Waals surface area (Å²) in [5, 5.41) is 8.48. The highest BCUT2D eigenvalue weighted by Gasteiger charge is 2.20. The maximum absolute atomic E-state index is 13.0. The molecule has 1 aromatic rings. The lowest BCUT2D eigenvalue weighted by molar-refractivity contribution is 0.0109. The zero-order valence-electron chi connectivity index (χ0n) is 11.2. The Hall–Kier alpha value is -1.73. The quantitative estimate of drug-likeness (QED) is 0.775. The van der Waals surface area contributed by atoms with E-state index in [2.05, 4.69) is 0 Å². The highest BCUT2D eigenvalue weighted by molar-refractivity contribution is 5.16. The summed E-state index contributed by atoms with van der Waals surface area (Å²) in [5.41, 5.74) is 0.649. The standard InChI is InChI=1S/C16H17F2NO/c17-15-8-5-13(10-16(15)18)11-20-14-6-3-12(4-7-14)2-1-9-19/h1-2,5,8,10,12,14H,3-4,6-7,11H2/t12-,14-. The van der Waals surface area contributed by atoms with Gasteiger partial charge in [-0.3, -0.25) is 0 Å². The first-order valence-electron chi connectivity index (χ1n) is 6.81. The minimum Gasteiger partial charge on any atom is -0.374 e. The zero-order valence-corrected chi connectivity index (χ0v) is 11.2. The summed E-state index contributed by atoms with van der Waals surface area (Å²) in [6, 6.07) is 5.85. The molecule has 1 aliphatic rings. The average Bonchev–Trinajstić information content (AvgIpc) is 2.47. The first kappa shape index (κ1) is 14.7. The number of hydrogen-bond acceptors (Lipinski definition) is 2. The van der Waals surface area contributed by atoms with Gasteiger partial charge in [-0.05, 0) is 49.3 Å². The van der Waals surface area contributed by atoms with E-state index in [0.29, 0.717) is 18.1 Å². The van der Waals surface area contributed by atoms with Crippen LogP contribution in [0.5, 0.6) is 0 Å². The second kappa shape index (κ2) is 7.16. The van der Waals surface area contributed by atoms with E-state index in [1.54, 1.807) is 6.07 Å². The third-order valence-electron chi connectivity index (χ3n) is 3.63. The average molecular weight is 277 g/mol. The van der Waals surface area contributed by atoms with E-state index < -0.39 is 11.6 Å². The van der Waals surface area contributed by atoms with Crippen LogP contribution >= 0.6 is 0 Å². The summed E-state index contributed by atoms with van der Waals surface area (Å²) in [4.78, 5) is 0. The summed E-state index contributed by atoms with van der Waals surface area (Å²) < 4.78 is 31.6. The second-order valence-corrected chi connectivity index (χ2v) is 5.08. The van der Waals surface area contributed by atoms with Gasteiger partial charge in [0.15, 0.2) is 11.6 Å². The third-order valence-corrected chi connectivity index (χ3v) is 3.63. The number of allylic oxidation sites excluding steroid dienone is 2. The van der Waals surface area contributed by atoms with Crippen molar-refractivity contribution in [1.82, 2.24) is 0 Å². The summed E-state index contributed by atoms with van der Waals surface area (Å²) in [5.74, 6) is -1.22. The maximum atomic E-state index is 13.0. The largest absolute Gasteiger partial charge is 0.374 e. The van der Waals surface area contributed by atoms with Gasteiger partial charge in [0.25, 0.3) is 0 Å². The van der Waals surface area contributed by atoms with Crippen molar-refractivity contribution >= 4 is 0 Å². The van der Waals surface area contributed by atoms with Gasteiger partial charge in [-0.1, -0.05) is 12.1 Å². The maximum Gasteiger partial charge on any atom is 0.159 e. The number of rotatable bonds is 4. The molecule has 0 heterocycles. The fourth-order valence-electron chi connectivity index (χ4n) is 2.47. The zero-order chi connectivity index (χ0) is 14.4. The van der Waals surface area contributed by atoms with Crippen LogP contribution in [0.15, 0.2) is 30.4 Å². The Balaban J connectivity index is 1.77. The number of ether oxygens (including phenoxy) is 1. The van der Waals surface area contributed by atoms with Crippen LogP contribution < -0.4 is 0 Å². The number of hydrogen-bond donors (Lipinski definition) is 0. The topological polar surface area (TPSA) is 33.0 Å². The van der Waals surface area contributed by atoms with Crippen LogP contribution in [0.4, 0.5) is 8.78 Å². The molecule has 1 saturated carbocycles. The molecule has 0 aromatic heterocycles. The molecule has 4 heteroatoms. The molecule has 2 nitrogen and oxygen atoms in total. The van der Waals surface area contributed by atoms with Crippen molar-refractivity contribution in [2.24, 2.45) is 5.92 Å². The van der Waals surface area contributed by atoms with Crippen LogP contribution in [-0.2, 0) is 11.3 Å². The SMILES string of the molecule is N#CC=C[C@H]1CC[C@H](OCc2ccc(F)c(F)c2)CC1. The molecule has 0 unspecified atom stereocenters. The molecule has 0 radical (unpaired) electrons. The van der Waals surface area contributed by atoms with Crippen LogP contribution in [0, 0.1) is 28.9 Å². The lowest BCUT2D eigenvalue weighted by Gasteiger charge is -2.26. The summed E-state index contributed by atoms with van der Waals surface area (Å²) in [7, 11) is 0. The normalized spacial score (nSPS) is 22.9. The fraction of sp³-hybridized carbons (Fsp3) is 0.438. The number of nitrogens with zero attached hydrogens (tertiary/aromatic N) is 1. The first-order valence-corrected chi connectivity index (χ1v) is 6.81. The Bertz CT molecular complexity index is 514. The van der Waals surface area contributed by atoms with E-state index in [1.165, 1.54) is 12.1 Å². The molecule has 0 bridgehead atoms. The van der Waals surface area contributed by atoms with Crippen molar-refractivity contribution in [1.29, 1.82) is 5.26 Å². The molecule has 0 spiro atoms. The van der Waals surface area contributed by atoms with E-state index in [1.807, 2.05) is 12.1 Å². The Kier molecular flexibility index (Phi) is 5.25. The number of benzene rings is 1. The molecule has 106 valence electrons. The molecule has 2 rings (SSSR count). The first-order chi connectivity index (χ1) is 9.69. The third kappa shape index (κ3) is 4.14. The molecular formula is C16H17F2NO. The van der Waals surface area contributed by atoms with Gasteiger partial charge in [0, 0.05) is 6.08 Å². The monoisotopic (exact) mass is 277 g/mol. The summed E-state index contributed by atoms with van der Waals surface area (Å²) in [6.07, 6.45) is 7.52. The van der Waals surface area contributed by atoms with Gasteiger partial charge < -0.3 is 4.74 Å². The molecule has 0 saturated heterocycles. The van der Waals surface area contributed by atoms with Crippen LogP contribution in [0.3, 0.4) is 0 Å². The molecule has 0 atom stereocenters. The molecule has 1 fully saturated rings. The van der Waals surface area contributed by atoms with E-state index in [0.717, 1.165) is 31.7 Å². The van der Waals surface area contributed by atoms with E-state index in [4.69, 9.17) is 10.00 Å². The molecular weight excluding hydrogens is 260 g/mol. The molecule has 20 heavy (non-hydrogen) atoms. The summed E-state index contributed by atoms with van der Waals surface area (Å²) in [6.45, 7) is 0.306. The predicted molar refractivity (Wildman–Crippen MR) is 71.6 cm³/mol. The predicted octanol–water partition coefficient (Wildman–Crippen LogP) is 4.12. The van der Waals surface area contributed by atoms with E-state index in [-0.39, 0.29) is 6.10 Å². The van der Waals surface area contributed by atoms with Crippen LogP contribution in [0.25, 0.3) is 0 Å².